The molecule has 2 N–H and O–H groups in total. The van der Waals surface area contributed by atoms with E-state index >= 15 is 0 Å². The van der Waals surface area contributed by atoms with Crippen molar-refractivity contribution < 1.29 is 19.4 Å². The third-order valence-corrected chi connectivity index (χ3v) is 7.01. The summed E-state index contributed by atoms with van der Waals surface area (Å²) in [6.07, 6.45) is -0.716. The largest absolute Gasteiger partial charge is 0.480 e. The first kappa shape index (κ1) is 22.0. The molecule has 3 aromatic carbocycles. The van der Waals surface area contributed by atoms with Gasteiger partial charge in [0.25, 0.3) is 0 Å². The zero-order valence-electron chi connectivity index (χ0n) is 17.7. The van der Waals surface area contributed by atoms with E-state index in [0.29, 0.717) is 5.75 Å². The number of carboxylic acid groups (broad SMARTS) is 1. The number of amides is 1. The van der Waals surface area contributed by atoms with Gasteiger partial charge in [-0.05, 0) is 27.8 Å². The molecule has 0 aromatic heterocycles. The Balaban J connectivity index is 1.37. The second-order valence-corrected chi connectivity index (χ2v) is 9.15. The maximum absolute atomic E-state index is 12.5. The van der Waals surface area contributed by atoms with E-state index in [1.54, 1.807) is 6.92 Å². The summed E-state index contributed by atoms with van der Waals surface area (Å²) < 4.78 is 5.51. The fourth-order valence-electron chi connectivity index (χ4n) is 4.05. The number of fused-ring (bicyclic) bond motifs is 3. The van der Waals surface area contributed by atoms with E-state index in [2.05, 4.69) is 17.4 Å². The number of hydrogen-bond acceptors (Lipinski definition) is 4. The third-order valence-electron chi connectivity index (χ3n) is 5.71. The Labute approximate surface area is 191 Å². The van der Waals surface area contributed by atoms with Crippen molar-refractivity contribution in [1.29, 1.82) is 0 Å². The minimum Gasteiger partial charge on any atom is -0.480 e. The van der Waals surface area contributed by atoms with Crippen LogP contribution in [0.2, 0.25) is 0 Å². The molecule has 5 nitrogen and oxygen atoms in total. The van der Waals surface area contributed by atoms with Crippen LogP contribution in [0.15, 0.2) is 78.9 Å². The summed E-state index contributed by atoms with van der Waals surface area (Å²) in [5.74, 6) is -0.481. The lowest BCUT2D eigenvalue weighted by atomic mass is 9.98. The first-order valence-corrected chi connectivity index (χ1v) is 11.6. The van der Waals surface area contributed by atoms with Crippen LogP contribution >= 0.6 is 11.8 Å². The van der Waals surface area contributed by atoms with E-state index in [9.17, 15) is 14.7 Å². The molecule has 0 saturated carbocycles. The molecule has 0 saturated heterocycles. The average molecular weight is 448 g/mol. The Bertz CT molecular complexity index is 1060. The molecule has 0 fully saturated rings. The molecule has 0 radical (unpaired) electrons. The summed E-state index contributed by atoms with van der Waals surface area (Å²) in [5.41, 5.74) is 5.62. The molecule has 1 aliphatic carbocycles. The number of alkyl carbamates (subject to hydrolysis) is 1. The van der Waals surface area contributed by atoms with Crippen LogP contribution in [-0.4, -0.2) is 35.1 Å². The van der Waals surface area contributed by atoms with E-state index in [4.69, 9.17) is 4.74 Å². The summed E-state index contributed by atoms with van der Waals surface area (Å²) in [5, 5.41) is 11.9. The van der Waals surface area contributed by atoms with Gasteiger partial charge in [-0.3, -0.25) is 0 Å². The molecule has 0 spiro atoms. The Kier molecular flexibility index (Phi) is 6.81. The molecular weight excluding hydrogens is 422 g/mol. The Morgan fingerprint density at radius 2 is 1.50 bits per heavy atom. The van der Waals surface area contributed by atoms with Gasteiger partial charge >= 0.3 is 12.1 Å². The maximum atomic E-state index is 12.5. The highest BCUT2D eigenvalue weighted by Gasteiger charge is 2.31. The summed E-state index contributed by atoms with van der Waals surface area (Å²) in [6, 6.07) is 25.0. The third kappa shape index (κ3) is 4.81. The number of ether oxygens (including phenoxy) is 1. The zero-order valence-corrected chi connectivity index (χ0v) is 18.5. The number of aliphatic carboxylic acids is 1. The van der Waals surface area contributed by atoms with Gasteiger partial charge in [-0.15, -0.1) is 0 Å². The fourth-order valence-corrected chi connectivity index (χ4v) is 5.07. The lowest BCUT2D eigenvalue weighted by molar-refractivity contribution is -0.139. The van der Waals surface area contributed by atoms with Gasteiger partial charge in [-0.2, -0.15) is 11.8 Å². The number of hydrogen-bond donors (Lipinski definition) is 2. The summed E-state index contributed by atoms with van der Waals surface area (Å²) in [7, 11) is 0. The standard InChI is InChI=1S/C26H25NO4S/c1-17(32-16-18-9-3-2-4-10-18)24(25(28)29)27-26(30)31-15-23-21-13-7-5-11-19(21)20-12-6-8-14-22(20)23/h2-14,17,23-24H,15-16H2,1H3,(H,27,30)(H,28,29)/t17-,24+/m0/s1. The predicted molar refractivity (Wildman–Crippen MR) is 127 cm³/mol. The van der Waals surface area contributed by atoms with Crippen LogP contribution in [-0.2, 0) is 15.3 Å². The van der Waals surface area contributed by atoms with Crippen LogP contribution < -0.4 is 5.32 Å². The predicted octanol–water partition coefficient (Wildman–Crippen LogP) is 5.30. The smallest absolute Gasteiger partial charge is 0.407 e. The van der Waals surface area contributed by atoms with Crippen LogP contribution in [0.3, 0.4) is 0 Å². The van der Waals surface area contributed by atoms with Crippen LogP contribution in [0.25, 0.3) is 11.1 Å². The van der Waals surface area contributed by atoms with E-state index in [1.807, 2.05) is 66.7 Å². The first-order valence-electron chi connectivity index (χ1n) is 10.5. The molecule has 0 heterocycles. The number of benzene rings is 3. The molecule has 0 aliphatic heterocycles. The van der Waals surface area contributed by atoms with Gasteiger partial charge in [0.15, 0.2) is 0 Å². The first-order chi connectivity index (χ1) is 15.5. The second-order valence-electron chi connectivity index (χ2n) is 7.79. The molecule has 3 aromatic rings. The van der Waals surface area contributed by atoms with Crippen molar-refractivity contribution >= 4 is 23.8 Å². The summed E-state index contributed by atoms with van der Waals surface area (Å²) in [4.78, 5) is 24.3. The van der Waals surface area contributed by atoms with Crippen molar-refractivity contribution in [2.45, 2.75) is 29.9 Å². The quantitative estimate of drug-likeness (QED) is 0.490. The lowest BCUT2D eigenvalue weighted by Gasteiger charge is -2.22. The van der Waals surface area contributed by atoms with Gasteiger partial charge in [0.2, 0.25) is 0 Å². The van der Waals surface area contributed by atoms with Gasteiger partial charge in [-0.1, -0.05) is 85.8 Å². The maximum Gasteiger partial charge on any atom is 0.407 e. The van der Waals surface area contributed by atoms with Gasteiger partial charge in [0.1, 0.15) is 12.6 Å². The van der Waals surface area contributed by atoms with Crippen LogP contribution in [0.5, 0.6) is 0 Å². The van der Waals surface area contributed by atoms with Crippen molar-refractivity contribution in [2.75, 3.05) is 6.61 Å². The highest BCUT2D eigenvalue weighted by atomic mass is 32.2. The second kappa shape index (κ2) is 9.92. The topological polar surface area (TPSA) is 75.6 Å². The molecule has 0 unspecified atom stereocenters. The minimum atomic E-state index is -1.08. The highest BCUT2D eigenvalue weighted by Crippen LogP contribution is 2.44. The van der Waals surface area contributed by atoms with Gasteiger partial charge in [-0.25, -0.2) is 9.59 Å². The lowest BCUT2D eigenvalue weighted by Crippen LogP contribution is -2.47. The van der Waals surface area contributed by atoms with Gasteiger partial charge < -0.3 is 15.2 Å². The van der Waals surface area contributed by atoms with E-state index < -0.39 is 18.1 Å². The number of carboxylic acids is 1. The number of nitrogens with one attached hydrogen (secondary N) is 1. The van der Waals surface area contributed by atoms with Crippen molar-refractivity contribution in [1.82, 2.24) is 5.32 Å². The van der Waals surface area contributed by atoms with Gasteiger partial charge in [0, 0.05) is 16.9 Å². The molecule has 32 heavy (non-hydrogen) atoms. The molecule has 2 atom stereocenters. The molecule has 0 bridgehead atoms. The summed E-state index contributed by atoms with van der Waals surface area (Å²) >= 11 is 1.48. The molecule has 6 heteroatoms. The Morgan fingerprint density at radius 1 is 0.938 bits per heavy atom. The number of rotatable bonds is 8. The van der Waals surface area contributed by atoms with E-state index in [0.717, 1.165) is 27.8 Å². The average Bonchev–Trinajstić information content (AvgIpc) is 3.14. The molecule has 1 aliphatic rings. The molecule has 1 amide bonds. The highest BCUT2D eigenvalue weighted by molar-refractivity contribution is 7.99. The van der Waals surface area contributed by atoms with E-state index in [-0.39, 0.29) is 17.8 Å². The van der Waals surface area contributed by atoms with E-state index in [1.165, 1.54) is 11.8 Å². The number of carbonyl (C=O) groups is 2. The van der Waals surface area contributed by atoms with Crippen molar-refractivity contribution in [3.63, 3.8) is 0 Å². The van der Waals surface area contributed by atoms with Crippen molar-refractivity contribution in [3.05, 3.63) is 95.6 Å². The van der Waals surface area contributed by atoms with Crippen molar-refractivity contribution in [2.24, 2.45) is 0 Å². The zero-order chi connectivity index (χ0) is 22.5. The van der Waals surface area contributed by atoms with Gasteiger partial charge in [0.05, 0.1) is 0 Å². The molecule has 4 rings (SSSR count). The normalized spacial score (nSPS) is 14.2. The fraction of sp³-hybridized carbons (Fsp3) is 0.231. The monoisotopic (exact) mass is 447 g/mol. The Hall–Kier alpha value is -3.25. The SMILES string of the molecule is C[C@H](SCc1ccccc1)[C@@H](NC(=O)OCC1c2ccccc2-c2ccccc21)C(=O)O. The minimum absolute atomic E-state index is 0.0682. The van der Waals surface area contributed by atoms with Crippen LogP contribution in [0.4, 0.5) is 4.79 Å². The molecular formula is C26H25NO4S. The van der Waals surface area contributed by atoms with Crippen LogP contribution in [0.1, 0.15) is 29.5 Å². The number of thioether (sulfide) groups is 1. The molecule has 164 valence electrons. The summed E-state index contributed by atoms with van der Waals surface area (Å²) in [6.45, 7) is 1.95. The number of carbonyl (C=O) groups excluding carboxylic acids is 1. The van der Waals surface area contributed by atoms with Crippen molar-refractivity contribution in [3.8, 4) is 11.1 Å². The Morgan fingerprint density at radius 3 is 2.09 bits per heavy atom. The van der Waals surface area contributed by atoms with Crippen LogP contribution in [0, 0.1) is 0 Å².